The number of ether oxygens (including phenoxy) is 1. The van der Waals surface area contributed by atoms with E-state index in [-0.39, 0.29) is 17.2 Å². The van der Waals surface area contributed by atoms with E-state index < -0.39 is 20.0 Å². The van der Waals surface area contributed by atoms with Gasteiger partial charge in [-0.3, -0.25) is 4.90 Å². The Kier molecular flexibility index (Phi) is 6.14. The highest BCUT2D eigenvalue weighted by atomic mass is 28.4. The van der Waals surface area contributed by atoms with Gasteiger partial charge in [0.25, 0.3) is 0 Å². The smallest absolute Gasteiger partial charge is 0.410 e. The first-order valence-corrected chi connectivity index (χ1v) is 11.5. The number of rotatable bonds is 3. The molecule has 0 radical (unpaired) electrons. The molecule has 0 spiro atoms. The fourth-order valence-corrected chi connectivity index (χ4v) is 3.88. The maximum Gasteiger partial charge on any atom is 0.410 e. The van der Waals surface area contributed by atoms with Gasteiger partial charge in [-0.1, -0.05) is 25.9 Å². The summed E-state index contributed by atoms with van der Waals surface area (Å²) in [6.07, 6.45) is 0.148. The van der Waals surface area contributed by atoms with Gasteiger partial charge in [-0.15, -0.1) is 0 Å². The molecule has 1 heterocycles. The van der Waals surface area contributed by atoms with Crippen LogP contribution in [-0.2, 0) is 9.16 Å². The summed E-state index contributed by atoms with van der Waals surface area (Å²) >= 11 is 0. The van der Waals surface area contributed by atoms with Gasteiger partial charge in [0.15, 0.2) is 8.32 Å². The number of carbonyl (C=O) groups excluding carboxylic acids is 1. The molecular formula is C17H34N2O4Si. The molecule has 0 saturated carbocycles. The lowest BCUT2D eigenvalue weighted by Crippen LogP contribution is -2.51. The van der Waals surface area contributed by atoms with E-state index >= 15 is 0 Å². The van der Waals surface area contributed by atoms with Crippen molar-refractivity contribution in [3.8, 4) is 0 Å². The highest BCUT2D eigenvalue weighted by molar-refractivity contribution is 6.74. The SMILES string of the molecule is C/C(=N\O)[C@@H]1[C@@H](O[Si](C)(C)C(C)(C)C)CCN1C(=O)OC(C)(C)C. The minimum atomic E-state index is -2.00. The molecule has 140 valence electrons. The van der Waals surface area contributed by atoms with Crippen LogP contribution in [0, 0.1) is 0 Å². The summed E-state index contributed by atoms with van der Waals surface area (Å²) in [6, 6.07) is -0.390. The molecule has 1 fully saturated rings. The van der Waals surface area contributed by atoms with Crippen molar-refractivity contribution in [2.24, 2.45) is 5.16 Å². The van der Waals surface area contributed by atoms with Gasteiger partial charge in [-0.25, -0.2) is 4.79 Å². The molecule has 1 amide bonds. The average molecular weight is 359 g/mol. The van der Waals surface area contributed by atoms with Crippen LogP contribution in [-0.4, -0.2) is 54.5 Å². The molecule has 1 saturated heterocycles. The van der Waals surface area contributed by atoms with Crippen molar-refractivity contribution in [3.05, 3.63) is 0 Å². The maximum atomic E-state index is 12.5. The topological polar surface area (TPSA) is 71.4 Å². The molecule has 1 aliphatic rings. The van der Waals surface area contributed by atoms with E-state index in [4.69, 9.17) is 9.16 Å². The zero-order valence-electron chi connectivity index (χ0n) is 16.6. The molecule has 1 N–H and O–H groups in total. The molecular weight excluding hydrogens is 324 g/mol. The molecule has 0 aromatic rings. The number of likely N-dealkylation sites (tertiary alicyclic amines) is 1. The number of nitrogens with zero attached hydrogens (tertiary/aromatic N) is 2. The van der Waals surface area contributed by atoms with Crippen LogP contribution in [0.25, 0.3) is 0 Å². The van der Waals surface area contributed by atoms with Crippen molar-refractivity contribution in [1.82, 2.24) is 4.90 Å². The van der Waals surface area contributed by atoms with E-state index in [1.54, 1.807) is 11.8 Å². The predicted molar refractivity (Wildman–Crippen MR) is 98.3 cm³/mol. The number of oxime groups is 1. The Hall–Kier alpha value is -1.08. The molecule has 1 rings (SSSR count). The lowest BCUT2D eigenvalue weighted by molar-refractivity contribution is 0.0226. The molecule has 0 aliphatic carbocycles. The Morgan fingerprint density at radius 3 is 2.17 bits per heavy atom. The van der Waals surface area contributed by atoms with Gasteiger partial charge in [-0.2, -0.15) is 0 Å². The Labute approximate surface area is 147 Å². The van der Waals surface area contributed by atoms with Crippen molar-refractivity contribution in [2.45, 2.75) is 90.8 Å². The normalized spacial score (nSPS) is 23.5. The van der Waals surface area contributed by atoms with Gasteiger partial charge in [0.1, 0.15) is 11.6 Å². The van der Waals surface area contributed by atoms with Crippen LogP contribution < -0.4 is 0 Å². The van der Waals surface area contributed by atoms with Gasteiger partial charge in [-0.05, 0) is 52.2 Å². The molecule has 24 heavy (non-hydrogen) atoms. The molecule has 2 atom stereocenters. The fraction of sp³-hybridized carbons (Fsp3) is 0.882. The zero-order valence-corrected chi connectivity index (χ0v) is 17.6. The highest BCUT2D eigenvalue weighted by Gasteiger charge is 2.47. The van der Waals surface area contributed by atoms with E-state index in [0.717, 1.165) is 0 Å². The summed E-state index contributed by atoms with van der Waals surface area (Å²) in [7, 11) is -2.00. The second kappa shape index (κ2) is 7.04. The summed E-state index contributed by atoms with van der Waals surface area (Å²) in [5.74, 6) is 0. The lowest BCUT2D eigenvalue weighted by Gasteiger charge is -2.40. The van der Waals surface area contributed by atoms with Crippen molar-refractivity contribution in [2.75, 3.05) is 6.54 Å². The molecule has 0 bridgehead atoms. The van der Waals surface area contributed by atoms with Gasteiger partial charge in [0.05, 0.1) is 11.8 Å². The van der Waals surface area contributed by atoms with Crippen LogP contribution in [0.1, 0.15) is 54.9 Å². The van der Waals surface area contributed by atoms with Crippen LogP contribution in [0.5, 0.6) is 0 Å². The minimum absolute atomic E-state index is 0.0706. The molecule has 0 unspecified atom stereocenters. The maximum absolute atomic E-state index is 12.5. The third kappa shape index (κ3) is 4.96. The molecule has 7 heteroatoms. The van der Waals surface area contributed by atoms with Gasteiger partial charge >= 0.3 is 6.09 Å². The van der Waals surface area contributed by atoms with Crippen molar-refractivity contribution in [1.29, 1.82) is 0 Å². The van der Waals surface area contributed by atoms with Crippen LogP contribution in [0.2, 0.25) is 18.1 Å². The fourth-order valence-electron chi connectivity index (χ4n) is 2.52. The summed E-state index contributed by atoms with van der Waals surface area (Å²) in [4.78, 5) is 14.1. The second-order valence-electron chi connectivity index (χ2n) is 9.07. The van der Waals surface area contributed by atoms with Crippen LogP contribution >= 0.6 is 0 Å². The zero-order chi connectivity index (χ0) is 18.9. The Balaban J connectivity index is 3.02. The monoisotopic (exact) mass is 358 g/mol. The van der Waals surface area contributed by atoms with Gasteiger partial charge in [0, 0.05) is 6.54 Å². The van der Waals surface area contributed by atoms with Crippen molar-refractivity contribution >= 4 is 20.1 Å². The molecule has 1 aliphatic heterocycles. The van der Waals surface area contributed by atoms with E-state index in [9.17, 15) is 10.0 Å². The molecule has 0 aromatic heterocycles. The van der Waals surface area contributed by atoms with E-state index in [1.807, 2.05) is 20.8 Å². The van der Waals surface area contributed by atoms with Crippen LogP contribution in [0.4, 0.5) is 4.79 Å². The molecule has 6 nitrogen and oxygen atoms in total. The number of hydrogen-bond acceptors (Lipinski definition) is 5. The summed E-state index contributed by atoms with van der Waals surface area (Å²) < 4.78 is 12.0. The third-order valence-electron chi connectivity index (χ3n) is 4.81. The van der Waals surface area contributed by atoms with E-state index in [2.05, 4.69) is 39.0 Å². The minimum Gasteiger partial charge on any atom is -0.444 e. The number of carbonyl (C=O) groups is 1. The summed E-state index contributed by atoms with van der Waals surface area (Å²) in [5.41, 5.74) is -0.0911. The van der Waals surface area contributed by atoms with Gasteiger partial charge < -0.3 is 14.4 Å². The average Bonchev–Trinajstić information content (AvgIpc) is 2.77. The lowest BCUT2D eigenvalue weighted by atomic mass is 10.1. The van der Waals surface area contributed by atoms with Crippen LogP contribution in [0.15, 0.2) is 5.16 Å². The largest absolute Gasteiger partial charge is 0.444 e. The van der Waals surface area contributed by atoms with E-state index in [1.165, 1.54) is 0 Å². The first-order valence-electron chi connectivity index (χ1n) is 8.55. The first kappa shape index (κ1) is 21.0. The summed E-state index contributed by atoms with van der Waals surface area (Å²) in [6.45, 7) is 18.7. The second-order valence-corrected chi connectivity index (χ2v) is 13.8. The summed E-state index contributed by atoms with van der Waals surface area (Å²) in [5, 5.41) is 12.7. The number of amides is 1. The standard InChI is InChI=1S/C17H34N2O4Si/c1-12(18-21)14-13(23-24(8,9)17(5,6)7)10-11-19(14)15(20)22-16(2,3)4/h13-14,21H,10-11H2,1-9H3/b18-12+/t13-,14+/m0/s1. The Morgan fingerprint density at radius 1 is 1.21 bits per heavy atom. The van der Waals surface area contributed by atoms with Crippen molar-refractivity contribution in [3.63, 3.8) is 0 Å². The predicted octanol–water partition coefficient (Wildman–Crippen LogP) is 4.24. The Bertz CT molecular complexity index is 492. The Morgan fingerprint density at radius 2 is 1.75 bits per heavy atom. The van der Waals surface area contributed by atoms with Crippen molar-refractivity contribution < 1.29 is 19.2 Å². The highest BCUT2D eigenvalue weighted by Crippen LogP contribution is 2.39. The first-order chi connectivity index (χ1) is 10.7. The van der Waals surface area contributed by atoms with Gasteiger partial charge in [0.2, 0.25) is 0 Å². The quantitative estimate of drug-likeness (QED) is 0.354. The van der Waals surface area contributed by atoms with Crippen LogP contribution in [0.3, 0.4) is 0 Å². The van der Waals surface area contributed by atoms with E-state index in [0.29, 0.717) is 18.7 Å². The number of hydrogen-bond donors (Lipinski definition) is 1. The third-order valence-corrected chi connectivity index (χ3v) is 9.31. The molecule has 0 aromatic carbocycles.